The molecule has 19 heavy (non-hydrogen) atoms. The minimum Gasteiger partial charge on any atom is -0.497 e. The minimum absolute atomic E-state index is 0.0524. The second kappa shape index (κ2) is 6.68. The van der Waals surface area contributed by atoms with Crippen LogP contribution in [0.3, 0.4) is 0 Å². The van der Waals surface area contributed by atoms with E-state index in [1.807, 2.05) is 0 Å². The second-order valence-electron chi connectivity index (χ2n) is 4.10. The molecule has 1 aliphatic rings. The molecule has 2 rings (SSSR count). The van der Waals surface area contributed by atoms with Crippen LogP contribution in [0.25, 0.3) is 0 Å². The SMILES string of the molecule is COc1ccc(OC(=O)OCC2SCCC2O)cc1. The molecule has 1 saturated heterocycles. The largest absolute Gasteiger partial charge is 0.513 e. The first-order valence-electron chi connectivity index (χ1n) is 5.97. The third-order valence-electron chi connectivity index (χ3n) is 2.80. The van der Waals surface area contributed by atoms with Gasteiger partial charge in [-0.15, -0.1) is 0 Å². The number of aliphatic hydroxyl groups is 1. The zero-order chi connectivity index (χ0) is 13.7. The van der Waals surface area contributed by atoms with E-state index in [0.29, 0.717) is 11.5 Å². The van der Waals surface area contributed by atoms with E-state index in [4.69, 9.17) is 14.2 Å². The fraction of sp³-hybridized carbons (Fsp3) is 0.462. The molecule has 2 atom stereocenters. The average Bonchev–Trinajstić information content (AvgIpc) is 2.83. The molecule has 0 spiro atoms. The van der Waals surface area contributed by atoms with Gasteiger partial charge in [0.1, 0.15) is 18.1 Å². The predicted octanol–water partition coefficient (Wildman–Crippen LogP) is 2.08. The molecular weight excluding hydrogens is 268 g/mol. The lowest BCUT2D eigenvalue weighted by Crippen LogP contribution is -2.25. The Balaban J connectivity index is 1.77. The molecule has 0 amide bonds. The van der Waals surface area contributed by atoms with Crippen molar-refractivity contribution >= 4 is 17.9 Å². The van der Waals surface area contributed by atoms with Crippen molar-refractivity contribution in [2.24, 2.45) is 0 Å². The molecule has 1 aromatic carbocycles. The molecule has 104 valence electrons. The van der Waals surface area contributed by atoms with E-state index in [1.54, 1.807) is 43.1 Å². The highest BCUT2D eigenvalue weighted by Crippen LogP contribution is 2.27. The van der Waals surface area contributed by atoms with Crippen LogP contribution in [-0.4, -0.2) is 42.1 Å². The van der Waals surface area contributed by atoms with Crippen molar-refractivity contribution in [3.8, 4) is 11.5 Å². The Morgan fingerprint density at radius 1 is 1.37 bits per heavy atom. The zero-order valence-corrected chi connectivity index (χ0v) is 11.4. The van der Waals surface area contributed by atoms with Gasteiger partial charge in [-0.3, -0.25) is 0 Å². The quantitative estimate of drug-likeness (QED) is 0.674. The lowest BCUT2D eigenvalue weighted by Gasteiger charge is -2.13. The summed E-state index contributed by atoms with van der Waals surface area (Å²) in [5, 5.41) is 9.53. The Labute approximate surface area is 115 Å². The highest BCUT2D eigenvalue weighted by atomic mass is 32.2. The summed E-state index contributed by atoms with van der Waals surface area (Å²) in [6, 6.07) is 6.64. The molecule has 1 aromatic rings. The molecular formula is C13H16O5S. The van der Waals surface area contributed by atoms with Gasteiger partial charge in [-0.1, -0.05) is 0 Å². The van der Waals surface area contributed by atoms with E-state index in [0.717, 1.165) is 12.2 Å². The Kier molecular flexibility index (Phi) is 4.93. The smallest absolute Gasteiger partial charge is 0.497 e. The third kappa shape index (κ3) is 4.04. The molecule has 0 saturated carbocycles. The molecule has 0 aromatic heterocycles. The van der Waals surface area contributed by atoms with Crippen LogP contribution in [0.5, 0.6) is 11.5 Å². The summed E-state index contributed by atoms with van der Waals surface area (Å²) in [7, 11) is 1.56. The fourth-order valence-corrected chi connectivity index (χ4v) is 2.92. The van der Waals surface area contributed by atoms with Gasteiger partial charge in [0.25, 0.3) is 0 Å². The molecule has 6 heteroatoms. The fourth-order valence-electron chi connectivity index (χ4n) is 1.72. The van der Waals surface area contributed by atoms with E-state index >= 15 is 0 Å². The van der Waals surface area contributed by atoms with E-state index in [-0.39, 0.29) is 11.9 Å². The second-order valence-corrected chi connectivity index (χ2v) is 5.45. The van der Waals surface area contributed by atoms with Crippen molar-refractivity contribution in [1.29, 1.82) is 0 Å². The van der Waals surface area contributed by atoms with E-state index in [1.165, 1.54) is 0 Å². The van der Waals surface area contributed by atoms with E-state index in [9.17, 15) is 9.90 Å². The zero-order valence-electron chi connectivity index (χ0n) is 10.6. The van der Waals surface area contributed by atoms with Crippen LogP contribution in [0.15, 0.2) is 24.3 Å². The van der Waals surface area contributed by atoms with Crippen molar-refractivity contribution in [2.75, 3.05) is 19.5 Å². The Bertz CT molecular complexity index is 420. The summed E-state index contributed by atoms with van der Waals surface area (Å²) < 4.78 is 15.0. The topological polar surface area (TPSA) is 65.0 Å². The summed E-state index contributed by atoms with van der Waals surface area (Å²) in [6.07, 6.45) is -0.421. The minimum atomic E-state index is -0.759. The number of benzene rings is 1. The van der Waals surface area contributed by atoms with Crippen molar-refractivity contribution in [3.05, 3.63) is 24.3 Å². The summed E-state index contributed by atoms with van der Waals surface area (Å²) in [5.74, 6) is 1.97. The summed E-state index contributed by atoms with van der Waals surface area (Å²) >= 11 is 1.60. The molecule has 2 unspecified atom stereocenters. The standard InChI is InChI=1S/C13H16O5S/c1-16-9-2-4-10(5-3-9)18-13(15)17-8-12-11(14)6-7-19-12/h2-5,11-12,14H,6-8H2,1H3. The molecule has 1 heterocycles. The van der Waals surface area contributed by atoms with Gasteiger partial charge in [-0.25, -0.2) is 4.79 Å². The number of hydrogen-bond donors (Lipinski definition) is 1. The summed E-state index contributed by atoms with van der Waals surface area (Å²) in [6.45, 7) is 0.167. The maximum atomic E-state index is 11.5. The number of rotatable bonds is 4. The number of ether oxygens (including phenoxy) is 3. The summed E-state index contributed by atoms with van der Waals surface area (Å²) in [4.78, 5) is 11.5. The molecule has 0 radical (unpaired) electrons. The first kappa shape index (κ1) is 14.0. The molecule has 0 aliphatic carbocycles. The van der Waals surface area contributed by atoms with Crippen LogP contribution in [0.1, 0.15) is 6.42 Å². The molecule has 1 aliphatic heterocycles. The van der Waals surface area contributed by atoms with Gasteiger partial charge in [-0.2, -0.15) is 11.8 Å². The number of aliphatic hydroxyl groups excluding tert-OH is 1. The van der Waals surface area contributed by atoms with Crippen LogP contribution >= 0.6 is 11.8 Å². The van der Waals surface area contributed by atoms with Crippen molar-refractivity contribution in [2.45, 2.75) is 17.8 Å². The van der Waals surface area contributed by atoms with Crippen LogP contribution < -0.4 is 9.47 Å². The van der Waals surface area contributed by atoms with Gasteiger partial charge < -0.3 is 19.3 Å². The highest BCUT2D eigenvalue weighted by molar-refractivity contribution is 8.00. The first-order chi connectivity index (χ1) is 9.19. The highest BCUT2D eigenvalue weighted by Gasteiger charge is 2.27. The van der Waals surface area contributed by atoms with Gasteiger partial charge in [0.15, 0.2) is 0 Å². The molecule has 5 nitrogen and oxygen atoms in total. The molecule has 1 fully saturated rings. The normalized spacial score (nSPS) is 22.0. The van der Waals surface area contributed by atoms with Crippen molar-refractivity contribution < 1.29 is 24.1 Å². The van der Waals surface area contributed by atoms with Gasteiger partial charge in [0, 0.05) is 0 Å². The average molecular weight is 284 g/mol. The maximum Gasteiger partial charge on any atom is 0.513 e. The van der Waals surface area contributed by atoms with Gasteiger partial charge in [0.2, 0.25) is 0 Å². The number of carbonyl (C=O) groups is 1. The van der Waals surface area contributed by atoms with Crippen molar-refractivity contribution in [3.63, 3.8) is 0 Å². The van der Waals surface area contributed by atoms with Gasteiger partial charge in [0.05, 0.1) is 18.5 Å². The van der Waals surface area contributed by atoms with Crippen LogP contribution in [0.4, 0.5) is 4.79 Å². The van der Waals surface area contributed by atoms with E-state index in [2.05, 4.69) is 0 Å². The number of thioether (sulfide) groups is 1. The lowest BCUT2D eigenvalue weighted by molar-refractivity contribution is 0.0821. The first-order valence-corrected chi connectivity index (χ1v) is 7.02. The number of carbonyl (C=O) groups excluding carboxylic acids is 1. The Morgan fingerprint density at radius 3 is 2.63 bits per heavy atom. The van der Waals surface area contributed by atoms with Gasteiger partial charge >= 0.3 is 6.16 Å². The maximum absolute atomic E-state index is 11.5. The van der Waals surface area contributed by atoms with Crippen LogP contribution in [0.2, 0.25) is 0 Å². The summed E-state index contributed by atoms with van der Waals surface area (Å²) in [5.41, 5.74) is 0. The molecule has 0 bridgehead atoms. The number of methoxy groups -OCH3 is 1. The Hall–Kier alpha value is -1.40. The van der Waals surface area contributed by atoms with Crippen molar-refractivity contribution in [1.82, 2.24) is 0 Å². The predicted molar refractivity (Wildman–Crippen MR) is 71.8 cm³/mol. The van der Waals surface area contributed by atoms with E-state index < -0.39 is 12.3 Å². The molecule has 1 N–H and O–H groups in total. The lowest BCUT2D eigenvalue weighted by atomic mass is 10.2. The van der Waals surface area contributed by atoms with Crippen LogP contribution in [0, 0.1) is 0 Å². The monoisotopic (exact) mass is 284 g/mol. The number of hydrogen-bond acceptors (Lipinski definition) is 6. The van der Waals surface area contributed by atoms with Crippen LogP contribution in [-0.2, 0) is 4.74 Å². The van der Waals surface area contributed by atoms with Gasteiger partial charge in [-0.05, 0) is 36.4 Å². The third-order valence-corrected chi connectivity index (χ3v) is 4.15. The Morgan fingerprint density at radius 2 is 2.05 bits per heavy atom.